The van der Waals surface area contributed by atoms with E-state index in [2.05, 4.69) is 41.3 Å². The number of carbonyl (C=O) groups is 4. The molecular formula is C42H74N4O4. The average molecular weight is 699 g/mol. The van der Waals surface area contributed by atoms with Crippen molar-refractivity contribution < 1.29 is 19.2 Å². The predicted octanol–water partition coefficient (Wildman–Crippen LogP) is 10.7. The van der Waals surface area contributed by atoms with E-state index >= 15 is 0 Å². The molecule has 4 N–H and O–H groups in total. The molecule has 2 aromatic rings. The number of nitrogens with one attached hydrogen (secondary N) is 4. The summed E-state index contributed by atoms with van der Waals surface area (Å²) in [6.45, 7) is 25.8. The fourth-order valence-electron chi connectivity index (χ4n) is 3.38. The zero-order valence-electron chi connectivity index (χ0n) is 33.5. The molecule has 0 unspecified atom stereocenters. The van der Waals surface area contributed by atoms with Crippen molar-refractivity contribution in [2.24, 2.45) is 0 Å². The highest BCUT2D eigenvalue weighted by Gasteiger charge is 1.97. The molecule has 2 aromatic carbocycles. The SMILES string of the molecule is C=C(CC)NCCCCCC=O.C=C(CCCCCNC)Nc1ccc(C=O)cc1.CC.CC.CC.CCC=O.CNc1ccc(C=O)cc1. The summed E-state index contributed by atoms with van der Waals surface area (Å²) in [5, 5.41) is 12.6. The first-order valence-corrected chi connectivity index (χ1v) is 18.5. The molecule has 8 nitrogen and oxygen atoms in total. The van der Waals surface area contributed by atoms with Crippen molar-refractivity contribution >= 4 is 36.5 Å². The Morgan fingerprint density at radius 3 is 1.46 bits per heavy atom. The molecule has 2 rings (SSSR count). The third-order valence-electron chi connectivity index (χ3n) is 6.08. The van der Waals surface area contributed by atoms with Gasteiger partial charge in [-0.1, -0.05) is 81.4 Å². The standard InChI is InChI=1S/C15H22N2O.C10H19NO.C8H9NO.C3H6O.3C2H6/c1-13(6-4-3-5-11-16-2)17-15-9-7-14(12-18)8-10-15;1-3-10(2)11-8-6-4-5-7-9-12;1-9-8-4-2-7(6-10)3-5-8;1-2-3-4;3*1-2/h7-10,12,16-17H,1,3-6,11H2,2H3;9,11H,2-8H2,1H3;2-6,9H,1H3;3H,2H2,1H3;3*1-2H3. The molecule has 286 valence electrons. The van der Waals surface area contributed by atoms with Gasteiger partial charge in [-0.25, -0.2) is 0 Å². The zero-order valence-corrected chi connectivity index (χ0v) is 33.5. The molecule has 0 saturated heterocycles. The van der Waals surface area contributed by atoms with Crippen LogP contribution in [0.5, 0.6) is 0 Å². The van der Waals surface area contributed by atoms with Gasteiger partial charge in [-0.3, -0.25) is 9.59 Å². The van der Waals surface area contributed by atoms with Crippen molar-refractivity contribution in [2.75, 3.05) is 37.8 Å². The monoisotopic (exact) mass is 699 g/mol. The Kier molecular flexibility index (Phi) is 54.7. The fraction of sp³-hybridized carbons (Fsp3) is 0.524. The van der Waals surface area contributed by atoms with Gasteiger partial charge in [0.25, 0.3) is 0 Å². The van der Waals surface area contributed by atoms with Crippen LogP contribution < -0.4 is 21.3 Å². The van der Waals surface area contributed by atoms with Gasteiger partial charge in [0.05, 0.1) is 0 Å². The van der Waals surface area contributed by atoms with Crippen molar-refractivity contribution in [1.82, 2.24) is 10.6 Å². The van der Waals surface area contributed by atoms with Crippen LogP contribution >= 0.6 is 0 Å². The first-order chi connectivity index (χ1) is 24.3. The highest BCUT2D eigenvalue weighted by atomic mass is 16.1. The largest absolute Gasteiger partial charge is 0.389 e. The summed E-state index contributed by atoms with van der Waals surface area (Å²) in [5.41, 5.74) is 5.53. The topological polar surface area (TPSA) is 116 Å². The molecule has 0 atom stereocenters. The van der Waals surface area contributed by atoms with Crippen LogP contribution in [0.25, 0.3) is 0 Å². The van der Waals surface area contributed by atoms with E-state index in [9.17, 15) is 19.2 Å². The molecule has 0 fully saturated rings. The zero-order chi connectivity index (χ0) is 39.3. The second-order valence-corrected chi connectivity index (χ2v) is 9.85. The minimum absolute atomic E-state index is 0.639. The van der Waals surface area contributed by atoms with Gasteiger partial charge in [-0.2, -0.15) is 0 Å². The lowest BCUT2D eigenvalue weighted by Gasteiger charge is -2.09. The van der Waals surface area contributed by atoms with Crippen LogP contribution in [0.3, 0.4) is 0 Å². The summed E-state index contributed by atoms with van der Waals surface area (Å²) in [6.07, 6.45) is 13.7. The van der Waals surface area contributed by atoms with Crippen molar-refractivity contribution in [1.29, 1.82) is 0 Å². The van der Waals surface area contributed by atoms with E-state index in [1.54, 1.807) is 24.3 Å². The summed E-state index contributed by atoms with van der Waals surface area (Å²) < 4.78 is 0. The van der Waals surface area contributed by atoms with Crippen LogP contribution in [-0.4, -0.2) is 52.3 Å². The Hall–Kier alpha value is -4.04. The van der Waals surface area contributed by atoms with Gasteiger partial charge in [-0.05, 0) is 101 Å². The summed E-state index contributed by atoms with van der Waals surface area (Å²) in [6, 6.07) is 14.7. The Morgan fingerprint density at radius 1 is 0.600 bits per heavy atom. The van der Waals surface area contributed by atoms with E-state index in [-0.39, 0.29) is 0 Å². The maximum Gasteiger partial charge on any atom is 0.150 e. The van der Waals surface area contributed by atoms with Gasteiger partial charge >= 0.3 is 0 Å². The number of hydrogen-bond acceptors (Lipinski definition) is 8. The Morgan fingerprint density at radius 2 is 1.06 bits per heavy atom. The number of hydrogen-bond donors (Lipinski definition) is 4. The first kappa shape index (κ1) is 55.4. The summed E-state index contributed by atoms with van der Waals surface area (Å²) in [5.74, 6) is 0. The van der Waals surface area contributed by atoms with Crippen molar-refractivity contribution in [3.05, 3.63) is 84.2 Å². The van der Waals surface area contributed by atoms with E-state index in [4.69, 9.17) is 0 Å². The fourth-order valence-corrected chi connectivity index (χ4v) is 3.38. The molecule has 0 aromatic heterocycles. The van der Waals surface area contributed by atoms with E-state index in [0.29, 0.717) is 24.0 Å². The number of benzene rings is 2. The van der Waals surface area contributed by atoms with Gasteiger partial charge in [0.15, 0.2) is 0 Å². The number of anilines is 2. The maximum absolute atomic E-state index is 10.5. The third kappa shape index (κ3) is 42.0. The van der Waals surface area contributed by atoms with Crippen LogP contribution in [-0.2, 0) is 9.59 Å². The first-order valence-electron chi connectivity index (χ1n) is 18.5. The normalized spacial score (nSPS) is 8.52. The molecule has 0 spiro atoms. The van der Waals surface area contributed by atoms with E-state index in [1.807, 2.05) is 86.8 Å². The molecular weight excluding hydrogens is 624 g/mol. The lowest BCUT2D eigenvalue weighted by atomic mass is 10.1. The second-order valence-electron chi connectivity index (χ2n) is 9.85. The molecule has 0 aliphatic rings. The van der Waals surface area contributed by atoms with Gasteiger partial charge in [0.2, 0.25) is 0 Å². The lowest BCUT2D eigenvalue weighted by molar-refractivity contribution is -0.108. The van der Waals surface area contributed by atoms with Crippen LogP contribution in [0.1, 0.15) is 140 Å². The number of rotatable bonds is 20. The van der Waals surface area contributed by atoms with E-state index < -0.39 is 0 Å². The van der Waals surface area contributed by atoms with Crippen molar-refractivity contribution in [3.63, 3.8) is 0 Å². The molecule has 0 aliphatic carbocycles. The minimum Gasteiger partial charge on any atom is -0.389 e. The molecule has 0 bridgehead atoms. The number of allylic oxidation sites excluding steroid dienone is 2. The molecule has 0 radical (unpaired) electrons. The van der Waals surface area contributed by atoms with Crippen LogP contribution in [0.4, 0.5) is 11.4 Å². The van der Waals surface area contributed by atoms with Crippen LogP contribution in [0, 0.1) is 0 Å². The maximum atomic E-state index is 10.5. The minimum atomic E-state index is 0.639. The number of aldehydes is 4. The van der Waals surface area contributed by atoms with Gasteiger partial charge in [-0.15, -0.1) is 0 Å². The van der Waals surface area contributed by atoms with E-state index in [0.717, 1.165) is 99.5 Å². The summed E-state index contributed by atoms with van der Waals surface area (Å²) in [4.78, 5) is 39.8. The van der Waals surface area contributed by atoms with Gasteiger partial charge in [0.1, 0.15) is 25.1 Å². The summed E-state index contributed by atoms with van der Waals surface area (Å²) in [7, 11) is 3.82. The highest BCUT2D eigenvalue weighted by molar-refractivity contribution is 5.76. The molecule has 50 heavy (non-hydrogen) atoms. The van der Waals surface area contributed by atoms with Crippen LogP contribution in [0.15, 0.2) is 73.1 Å². The Balaban J connectivity index is -0.000000184. The van der Waals surface area contributed by atoms with E-state index in [1.165, 1.54) is 12.8 Å². The summed E-state index contributed by atoms with van der Waals surface area (Å²) >= 11 is 0. The van der Waals surface area contributed by atoms with Gasteiger partial charge < -0.3 is 30.9 Å². The number of unbranched alkanes of at least 4 members (excludes halogenated alkanes) is 5. The van der Waals surface area contributed by atoms with Crippen molar-refractivity contribution in [2.45, 2.75) is 120 Å². The molecule has 0 saturated carbocycles. The molecule has 0 heterocycles. The predicted molar refractivity (Wildman–Crippen MR) is 221 cm³/mol. The third-order valence-corrected chi connectivity index (χ3v) is 6.08. The van der Waals surface area contributed by atoms with Crippen molar-refractivity contribution in [3.8, 4) is 0 Å². The Labute approximate surface area is 307 Å². The highest BCUT2D eigenvalue weighted by Crippen LogP contribution is 2.14. The average Bonchev–Trinajstić information content (AvgIpc) is 3.19. The quantitative estimate of drug-likeness (QED) is 0.0797. The smallest absolute Gasteiger partial charge is 0.150 e. The second kappa shape index (κ2) is 49.3. The van der Waals surface area contributed by atoms with Crippen LogP contribution in [0.2, 0.25) is 0 Å². The molecule has 0 aliphatic heterocycles. The number of carbonyl (C=O) groups excluding carboxylic acids is 4. The molecule has 0 amide bonds. The molecule has 8 heteroatoms. The van der Waals surface area contributed by atoms with Gasteiger partial charge in [0, 0.05) is 60.3 Å². The lowest BCUT2D eigenvalue weighted by Crippen LogP contribution is -2.12. The Bertz CT molecular complexity index is 1020.